The number of hydrogen-bond acceptors (Lipinski definition) is 6. The Kier molecular flexibility index (Phi) is 5.49. The summed E-state index contributed by atoms with van der Waals surface area (Å²) in [6.07, 6.45) is 1.79. The Balaban J connectivity index is 1.58. The first-order valence-corrected chi connectivity index (χ1v) is 11.2. The number of amidine groups is 1. The molecule has 1 atom stereocenters. The van der Waals surface area contributed by atoms with Crippen molar-refractivity contribution in [2.24, 2.45) is 10.9 Å². The molecule has 0 aliphatic carbocycles. The van der Waals surface area contributed by atoms with Gasteiger partial charge in [-0.15, -0.1) is 0 Å². The zero-order valence-corrected chi connectivity index (χ0v) is 19.0. The van der Waals surface area contributed by atoms with Gasteiger partial charge >= 0.3 is 6.03 Å². The summed E-state index contributed by atoms with van der Waals surface area (Å²) in [5.74, 6) is 0.724. The molecule has 9 nitrogen and oxygen atoms in total. The lowest BCUT2D eigenvalue weighted by Gasteiger charge is -2.38. The fourth-order valence-electron chi connectivity index (χ4n) is 4.54. The van der Waals surface area contributed by atoms with Crippen molar-refractivity contribution in [3.63, 3.8) is 0 Å². The number of hydrogen-bond donors (Lipinski definition) is 0. The lowest BCUT2D eigenvalue weighted by Crippen LogP contribution is -2.55. The summed E-state index contributed by atoms with van der Waals surface area (Å²) in [7, 11) is 1.62. The van der Waals surface area contributed by atoms with Crippen molar-refractivity contribution in [3.8, 4) is 5.75 Å². The van der Waals surface area contributed by atoms with E-state index in [0.717, 1.165) is 30.1 Å². The minimum absolute atomic E-state index is 0.0697. The zero-order valence-electron chi connectivity index (χ0n) is 19.0. The molecule has 3 amide bonds. The number of rotatable bonds is 5. The number of anilines is 2. The van der Waals surface area contributed by atoms with Gasteiger partial charge in [-0.1, -0.05) is 26.0 Å². The highest BCUT2D eigenvalue weighted by atomic mass is 16.5. The van der Waals surface area contributed by atoms with Crippen LogP contribution in [0, 0.1) is 5.92 Å². The van der Waals surface area contributed by atoms with Crippen molar-refractivity contribution >= 4 is 29.1 Å². The van der Waals surface area contributed by atoms with E-state index in [0.29, 0.717) is 37.0 Å². The average molecular weight is 450 g/mol. The van der Waals surface area contributed by atoms with Crippen LogP contribution in [0.2, 0.25) is 0 Å². The first-order valence-electron chi connectivity index (χ1n) is 11.2. The van der Waals surface area contributed by atoms with Crippen LogP contribution in [0.15, 0.2) is 41.5 Å². The van der Waals surface area contributed by atoms with Crippen LogP contribution in [0.25, 0.3) is 0 Å². The normalized spacial score (nSPS) is 20.2. The van der Waals surface area contributed by atoms with Crippen molar-refractivity contribution in [1.82, 2.24) is 9.88 Å². The molecule has 4 heterocycles. The third-order valence-corrected chi connectivity index (χ3v) is 6.28. The minimum Gasteiger partial charge on any atom is -0.497 e. The van der Waals surface area contributed by atoms with Gasteiger partial charge in [0.1, 0.15) is 17.5 Å². The topological polar surface area (TPSA) is 87.6 Å². The number of morpholine rings is 1. The van der Waals surface area contributed by atoms with Crippen LogP contribution in [-0.4, -0.2) is 67.1 Å². The third kappa shape index (κ3) is 3.72. The van der Waals surface area contributed by atoms with E-state index < -0.39 is 6.04 Å². The molecule has 33 heavy (non-hydrogen) atoms. The largest absolute Gasteiger partial charge is 0.497 e. The molecule has 1 saturated heterocycles. The Morgan fingerprint density at radius 2 is 1.88 bits per heavy atom. The number of aliphatic imine (C=N–C) groups is 1. The molecule has 0 N–H and O–H groups in total. The molecule has 0 bridgehead atoms. The summed E-state index contributed by atoms with van der Waals surface area (Å²) < 4.78 is 10.7. The predicted molar refractivity (Wildman–Crippen MR) is 124 cm³/mol. The highest BCUT2D eigenvalue weighted by Crippen LogP contribution is 2.37. The summed E-state index contributed by atoms with van der Waals surface area (Å²) in [4.78, 5) is 40.9. The maximum atomic E-state index is 13.8. The van der Waals surface area contributed by atoms with Gasteiger partial charge in [-0.3, -0.25) is 14.6 Å². The molecule has 1 fully saturated rings. The molecular weight excluding hydrogens is 422 g/mol. The number of urea groups is 1. The van der Waals surface area contributed by atoms with Crippen LogP contribution in [0.5, 0.6) is 5.75 Å². The summed E-state index contributed by atoms with van der Waals surface area (Å²) in [6.45, 7) is 7.00. The van der Waals surface area contributed by atoms with Crippen LogP contribution < -0.4 is 14.5 Å². The van der Waals surface area contributed by atoms with Gasteiger partial charge in [-0.2, -0.15) is 4.99 Å². The van der Waals surface area contributed by atoms with Gasteiger partial charge in [-0.05, 0) is 29.7 Å². The maximum absolute atomic E-state index is 13.8. The predicted octanol–water partition coefficient (Wildman–Crippen LogP) is 2.68. The van der Waals surface area contributed by atoms with Crippen molar-refractivity contribution in [1.29, 1.82) is 0 Å². The first-order chi connectivity index (χ1) is 16.0. The Hall–Kier alpha value is -3.46. The monoisotopic (exact) mass is 449 g/mol. The van der Waals surface area contributed by atoms with Crippen molar-refractivity contribution in [3.05, 3.63) is 47.8 Å². The molecule has 1 unspecified atom stereocenters. The molecule has 0 spiro atoms. The number of pyridine rings is 1. The molecule has 172 valence electrons. The number of carbonyl (C=O) groups excluding carboxylic acids is 2. The van der Waals surface area contributed by atoms with Crippen LogP contribution in [0.4, 0.5) is 16.2 Å². The quantitative estimate of drug-likeness (QED) is 0.698. The highest BCUT2D eigenvalue weighted by molar-refractivity contribution is 6.25. The minimum atomic E-state index is -0.625. The molecule has 0 radical (unpaired) electrons. The molecule has 3 aliphatic rings. The summed E-state index contributed by atoms with van der Waals surface area (Å²) in [5, 5.41) is 0. The second-order valence-corrected chi connectivity index (χ2v) is 8.71. The number of carbonyl (C=O) groups is 2. The number of aromatic nitrogens is 1. The smallest absolute Gasteiger partial charge is 0.331 e. The van der Waals surface area contributed by atoms with Gasteiger partial charge in [0, 0.05) is 13.1 Å². The second kappa shape index (κ2) is 8.47. The standard InChI is InChI=1S/C24H27N5O4/c1-15(2)21-23(30)26-22-20-19(12-17(13-25-20)27-8-10-33-11-9-27)28(24(31)29(21)22)14-16-4-6-18(32-3)7-5-16/h4-7,12-13,15,21H,8-11,14H2,1-3H3. The highest BCUT2D eigenvalue weighted by Gasteiger charge is 2.48. The van der Waals surface area contributed by atoms with Crippen molar-refractivity contribution in [2.75, 3.05) is 43.2 Å². The van der Waals surface area contributed by atoms with Crippen LogP contribution in [-0.2, 0) is 16.1 Å². The molecular formula is C24H27N5O4. The Bertz CT molecular complexity index is 1110. The van der Waals surface area contributed by atoms with E-state index in [-0.39, 0.29) is 17.9 Å². The molecule has 5 rings (SSSR count). The number of amides is 3. The summed E-state index contributed by atoms with van der Waals surface area (Å²) >= 11 is 0. The first kappa shape index (κ1) is 21.4. The molecule has 0 saturated carbocycles. The molecule has 2 aromatic rings. The Morgan fingerprint density at radius 3 is 2.55 bits per heavy atom. The number of ether oxygens (including phenoxy) is 2. The number of nitrogens with zero attached hydrogens (tertiary/aromatic N) is 5. The average Bonchev–Trinajstić information content (AvgIpc) is 3.20. The summed E-state index contributed by atoms with van der Waals surface area (Å²) in [5.41, 5.74) is 3.07. The van der Waals surface area contributed by atoms with E-state index in [1.807, 2.05) is 44.2 Å². The van der Waals surface area contributed by atoms with E-state index in [9.17, 15) is 9.59 Å². The van der Waals surface area contributed by atoms with E-state index in [4.69, 9.17) is 14.5 Å². The molecule has 1 aromatic carbocycles. The van der Waals surface area contributed by atoms with Gasteiger partial charge in [0.2, 0.25) is 0 Å². The summed E-state index contributed by atoms with van der Waals surface area (Å²) in [6, 6.07) is 8.70. The second-order valence-electron chi connectivity index (χ2n) is 8.71. The number of benzene rings is 1. The van der Waals surface area contributed by atoms with E-state index in [1.54, 1.807) is 18.2 Å². The molecule has 9 heteroatoms. The molecule has 1 aromatic heterocycles. The zero-order chi connectivity index (χ0) is 23.1. The van der Waals surface area contributed by atoms with Crippen LogP contribution in [0.1, 0.15) is 25.1 Å². The van der Waals surface area contributed by atoms with Crippen LogP contribution >= 0.6 is 0 Å². The Labute approximate surface area is 192 Å². The van der Waals surface area contributed by atoms with E-state index in [2.05, 4.69) is 9.89 Å². The van der Waals surface area contributed by atoms with Gasteiger partial charge in [0.15, 0.2) is 5.84 Å². The number of fused-ring (bicyclic) bond motifs is 3. The fraction of sp³-hybridized carbons (Fsp3) is 0.417. The maximum Gasteiger partial charge on any atom is 0.331 e. The van der Waals surface area contributed by atoms with E-state index in [1.165, 1.54) is 4.90 Å². The SMILES string of the molecule is COc1ccc(CN2C(=O)N3C(=NC(=O)C3C(C)C)c3ncc(N4CCOCC4)cc32)cc1. The number of methoxy groups -OCH3 is 1. The fourth-order valence-corrected chi connectivity index (χ4v) is 4.54. The van der Waals surface area contributed by atoms with Crippen molar-refractivity contribution in [2.45, 2.75) is 26.4 Å². The molecule has 3 aliphatic heterocycles. The third-order valence-electron chi connectivity index (χ3n) is 6.28. The van der Waals surface area contributed by atoms with Gasteiger partial charge < -0.3 is 14.4 Å². The van der Waals surface area contributed by atoms with E-state index >= 15 is 0 Å². The van der Waals surface area contributed by atoms with Crippen LogP contribution in [0.3, 0.4) is 0 Å². The van der Waals surface area contributed by atoms with Crippen molar-refractivity contribution < 1.29 is 19.1 Å². The Morgan fingerprint density at radius 1 is 1.15 bits per heavy atom. The van der Waals surface area contributed by atoms with Gasteiger partial charge in [-0.25, -0.2) is 9.78 Å². The van der Waals surface area contributed by atoms with Gasteiger partial charge in [0.05, 0.1) is 44.4 Å². The van der Waals surface area contributed by atoms with Gasteiger partial charge in [0.25, 0.3) is 5.91 Å². The lowest BCUT2D eigenvalue weighted by molar-refractivity contribution is -0.120. The lowest BCUT2D eigenvalue weighted by atomic mass is 10.0.